The smallest absolute Gasteiger partial charge is 0.267 e. The number of rotatable bonds is 3. The number of aryl methyl sites for hydroxylation is 2. The minimum Gasteiger partial charge on any atom is -0.366 e. The first kappa shape index (κ1) is 16.4. The Balaban J connectivity index is 1.26. The summed E-state index contributed by atoms with van der Waals surface area (Å²) in [6.45, 7) is 0. The monoisotopic (exact) mass is 365 g/mol. The van der Waals surface area contributed by atoms with Crippen LogP contribution in [-0.2, 0) is 12.8 Å². The lowest BCUT2D eigenvalue weighted by atomic mass is 9.91. The first-order valence-corrected chi connectivity index (χ1v) is 9.81. The Morgan fingerprint density at radius 1 is 1.04 bits per heavy atom. The second-order valence-corrected chi connectivity index (χ2v) is 7.61. The van der Waals surface area contributed by atoms with Crippen LogP contribution in [0, 0.1) is 0 Å². The molecule has 0 atom stereocenters. The Hall–Kier alpha value is -2.77. The lowest BCUT2D eigenvalue weighted by Crippen LogP contribution is -2.34. The van der Waals surface area contributed by atoms with E-state index < -0.39 is 0 Å². The van der Waals surface area contributed by atoms with Crippen LogP contribution in [0.25, 0.3) is 5.65 Å². The van der Waals surface area contributed by atoms with E-state index in [0.717, 1.165) is 61.2 Å². The van der Waals surface area contributed by atoms with Crippen molar-refractivity contribution in [1.29, 1.82) is 0 Å². The number of nitrogens with one attached hydrogen (secondary N) is 1. The number of fused-ring (bicyclic) bond motifs is 2. The highest BCUT2D eigenvalue weighted by Gasteiger charge is 2.25. The zero-order valence-corrected chi connectivity index (χ0v) is 15.2. The molecular weight excluding hydrogens is 342 g/mol. The van der Waals surface area contributed by atoms with E-state index in [9.17, 15) is 4.79 Å². The van der Waals surface area contributed by atoms with E-state index >= 15 is 0 Å². The molecule has 0 aromatic carbocycles. The highest BCUT2D eigenvalue weighted by atomic mass is 16.1. The summed E-state index contributed by atoms with van der Waals surface area (Å²) in [5, 5.41) is 20.5. The minimum absolute atomic E-state index is 0.0618. The molecule has 140 valence electrons. The SMILES string of the molecule is O=c1cc2c(nn1C1CCC(Nc3ccc4nncn4n3)CC1)CCCC2. The first-order chi connectivity index (χ1) is 13.3. The highest BCUT2D eigenvalue weighted by Crippen LogP contribution is 2.29. The van der Waals surface area contributed by atoms with Crippen molar-refractivity contribution in [3.05, 3.63) is 46.1 Å². The predicted octanol–water partition coefficient (Wildman–Crippen LogP) is 2.16. The number of aromatic nitrogens is 6. The fraction of sp³-hybridized carbons (Fsp3) is 0.526. The standard InChI is InChI=1S/C19H23N7O/c27-19-11-13-3-1-2-4-16(13)23-26(19)15-7-5-14(6-8-15)21-17-9-10-18-22-20-12-25(18)24-17/h9-12,14-15H,1-8H2,(H,21,24). The largest absolute Gasteiger partial charge is 0.366 e. The molecule has 0 bridgehead atoms. The summed E-state index contributed by atoms with van der Waals surface area (Å²) in [7, 11) is 0. The fourth-order valence-electron chi connectivity index (χ4n) is 4.32. The Kier molecular flexibility index (Phi) is 4.10. The number of hydrogen-bond donors (Lipinski definition) is 1. The summed E-state index contributed by atoms with van der Waals surface area (Å²) < 4.78 is 3.42. The quantitative estimate of drug-likeness (QED) is 0.765. The van der Waals surface area contributed by atoms with Crippen molar-refractivity contribution in [2.45, 2.75) is 63.5 Å². The minimum atomic E-state index is 0.0618. The van der Waals surface area contributed by atoms with E-state index in [0.29, 0.717) is 6.04 Å². The number of nitrogens with zero attached hydrogens (tertiary/aromatic N) is 6. The third-order valence-electron chi connectivity index (χ3n) is 5.79. The van der Waals surface area contributed by atoms with Gasteiger partial charge >= 0.3 is 0 Å². The lowest BCUT2D eigenvalue weighted by molar-refractivity contribution is 0.300. The topological polar surface area (TPSA) is 90.0 Å². The Morgan fingerprint density at radius 2 is 1.89 bits per heavy atom. The molecule has 27 heavy (non-hydrogen) atoms. The van der Waals surface area contributed by atoms with Crippen LogP contribution in [0.5, 0.6) is 0 Å². The summed E-state index contributed by atoms with van der Waals surface area (Å²) >= 11 is 0. The van der Waals surface area contributed by atoms with Crippen molar-refractivity contribution in [1.82, 2.24) is 29.6 Å². The molecule has 0 aliphatic heterocycles. The summed E-state index contributed by atoms with van der Waals surface area (Å²) in [5.74, 6) is 0.829. The average molecular weight is 365 g/mol. The van der Waals surface area contributed by atoms with Crippen molar-refractivity contribution in [2.24, 2.45) is 0 Å². The van der Waals surface area contributed by atoms with Crippen LogP contribution in [0.1, 0.15) is 55.8 Å². The molecule has 3 aromatic rings. The summed E-state index contributed by atoms with van der Waals surface area (Å²) in [4.78, 5) is 12.5. The molecule has 0 radical (unpaired) electrons. The molecule has 0 unspecified atom stereocenters. The van der Waals surface area contributed by atoms with Gasteiger partial charge in [-0.2, -0.15) is 9.61 Å². The summed E-state index contributed by atoms with van der Waals surface area (Å²) in [6.07, 6.45) is 9.86. The van der Waals surface area contributed by atoms with Gasteiger partial charge in [-0.1, -0.05) is 0 Å². The number of hydrogen-bond acceptors (Lipinski definition) is 6. The van der Waals surface area contributed by atoms with Gasteiger partial charge in [0.05, 0.1) is 11.7 Å². The van der Waals surface area contributed by atoms with Crippen LogP contribution in [0.2, 0.25) is 0 Å². The maximum atomic E-state index is 12.5. The molecular formula is C19H23N7O. The van der Waals surface area contributed by atoms with Gasteiger partial charge in [-0.3, -0.25) is 4.79 Å². The van der Waals surface area contributed by atoms with Gasteiger partial charge in [0.1, 0.15) is 12.1 Å². The summed E-state index contributed by atoms with van der Waals surface area (Å²) in [6, 6.07) is 6.23. The molecule has 0 saturated heterocycles. The lowest BCUT2D eigenvalue weighted by Gasteiger charge is -2.30. The Bertz CT molecular complexity index is 1020. The zero-order valence-electron chi connectivity index (χ0n) is 15.2. The van der Waals surface area contributed by atoms with E-state index in [2.05, 4.69) is 20.6 Å². The fourth-order valence-corrected chi connectivity index (χ4v) is 4.32. The molecule has 8 nitrogen and oxygen atoms in total. The van der Waals surface area contributed by atoms with Crippen molar-refractivity contribution in [3.8, 4) is 0 Å². The Labute approximate surface area is 156 Å². The van der Waals surface area contributed by atoms with E-state index in [1.807, 2.05) is 18.2 Å². The molecule has 3 aromatic heterocycles. The molecule has 1 N–H and O–H groups in total. The van der Waals surface area contributed by atoms with Gasteiger partial charge in [0.2, 0.25) is 0 Å². The van der Waals surface area contributed by atoms with Gasteiger partial charge in [0.25, 0.3) is 5.56 Å². The van der Waals surface area contributed by atoms with E-state index in [4.69, 9.17) is 5.10 Å². The highest BCUT2D eigenvalue weighted by molar-refractivity contribution is 5.43. The zero-order chi connectivity index (χ0) is 18.2. The molecule has 1 fully saturated rings. The average Bonchev–Trinajstić information content (AvgIpc) is 3.16. The molecule has 8 heteroatoms. The first-order valence-electron chi connectivity index (χ1n) is 9.81. The van der Waals surface area contributed by atoms with Crippen molar-refractivity contribution < 1.29 is 0 Å². The maximum absolute atomic E-state index is 12.5. The second kappa shape index (κ2) is 6.75. The Morgan fingerprint density at radius 3 is 2.78 bits per heavy atom. The molecule has 1 saturated carbocycles. The summed E-state index contributed by atoms with van der Waals surface area (Å²) in [5.41, 5.74) is 3.09. The van der Waals surface area contributed by atoms with E-state index in [1.165, 1.54) is 12.8 Å². The van der Waals surface area contributed by atoms with Gasteiger partial charge < -0.3 is 5.32 Å². The van der Waals surface area contributed by atoms with Crippen LogP contribution in [0.4, 0.5) is 5.82 Å². The van der Waals surface area contributed by atoms with Gasteiger partial charge in [-0.15, -0.1) is 15.3 Å². The van der Waals surface area contributed by atoms with Crippen LogP contribution in [0.3, 0.4) is 0 Å². The van der Waals surface area contributed by atoms with Gasteiger partial charge in [0, 0.05) is 12.1 Å². The van der Waals surface area contributed by atoms with E-state index in [-0.39, 0.29) is 11.6 Å². The van der Waals surface area contributed by atoms with Crippen LogP contribution in [0.15, 0.2) is 29.3 Å². The predicted molar refractivity (Wildman–Crippen MR) is 101 cm³/mol. The van der Waals surface area contributed by atoms with Gasteiger partial charge in [0.15, 0.2) is 5.65 Å². The van der Waals surface area contributed by atoms with Crippen molar-refractivity contribution >= 4 is 11.5 Å². The van der Waals surface area contributed by atoms with E-state index in [1.54, 1.807) is 15.5 Å². The van der Waals surface area contributed by atoms with Crippen molar-refractivity contribution in [2.75, 3.05) is 5.32 Å². The third kappa shape index (κ3) is 3.20. The van der Waals surface area contributed by atoms with Crippen LogP contribution < -0.4 is 10.9 Å². The second-order valence-electron chi connectivity index (χ2n) is 7.61. The molecule has 0 amide bonds. The molecule has 0 spiro atoms. The maximum Gasteiger partial charge on any atom is 0.267 e. The third-order valence-corrected chi connectivity index (χ3v) is 5.79. The molecule has 3 heterocycles. The molecule has 2 aliphatic carbocycles. The van der Waals surface area contributed by atoms with Gasteiger partial charge in [-0.25, -0.2) is 4.68 Å². The normalized spacial score (nSPS) is 22.5. The van der Waals surface area contributed by atoms with Gasteiger partial charge in [-0.05, 0) is 69.1 Å². The van der Waals surface area contributed by atoms with Crippen molar-refractivity contribution in [3.63, 3.8) is 0 Å². The van der Waals surface area contributed by atoms with Crippen LogP contribution in [-0.4, -0.2) is 35.6 Å². The molecule has 5 rings (SSSR count). The van der Waals surface area contributed by atoms with Crippen LogP contribution >= 0.6 is 0 Å². The number of anilines is 1. The molecule has 2 aliphatic rings.